The van der Waals surface area contributed by atoms with Gasteiger partial charge in [-0.1, -0.05) is 7.43 Å². The van der Waals surface area contributed by atoms with Crippen LogP contribution in [0.2, 0.25) is 0 Å². The first-order valence-electron chi connectivity index (χ1n) is 20.1. The van der Waals surface area contributed by atoms with E-state index in [2.05, 4.69) is 60.2 Å². The minimum Gasteiger partial charge on any atom is -0.477 e. The number of halogens is 2. The van der Waals surface area contributed by atoms with E-state index < -0.39 is 23.5 Å². The van der Waals surface area contributed by atoms with Crippen LogP contribution in [0.15, 0.2) is 73.0 Å². The molecule has 0 radical (unpaired) electrons. The number of nitrogens with zero attached hydrogens (tertiary/aromatic N) is 14. The number of carboxylic acids is 1. The summed E-state index contributed by atoms with van der Waals surface area (Å²) in [5, 5.41) is 32.8. The number of hydrogen-bond acceptors (Lipinski definition) is 15. The fourth-order valence-electron chi connectivity index (χ4n) is 6.65. The lowest BCUT2D eigenvalue weighted by Gasteiger charge is -2.07. The van der Waals surface area contributed by atoms with E-state index in [0.717, 1.165) is 73.1 Å². The number of imidazole rings is 2. The predicted molar refractivity (Wildman–Crippen MR) is 231 cm³/mol. The summed E-state index contributed by atoms with van der Waals surface area (Å²) in [6, 6.07) is 3.62. The molecular formula is C41H40F2N16O3S2. The van der Waals surface area contributed by atoms with Gasteiger partial charge in [0.1, 0.15) is 35.7 Å². The summed E-state index contributed by atoms with van der Waals surface area (Å²) >= 11 is 2.88. The van der Waals surface area contributed by atoms with E-state index in [4.69, 9.17) is 10.8 Å². The number of nitrogen functional groups attached to an aromatic ring is 1. The Bertz CT molecular complexity index is 2960. The second kappa shape index (κ2) is 17.6. The van der Waals surface area contributed by atoms with Crippen molar-refractivity contribution in [2.24, 2.45) is 0 Å². The number of thiazole rings is 2. The van der Waals surface area contributed by atoms with Crippen LogP contribution in [-0.4, -0.2) is 85.6 Å². The Morgan fingerprint density at radius 2 is 1.19 bits per heavy atom. The minimum atomic E-state index is -1.18. The van der Waals surface area contributed by atoms with Crippen LogP contribution in [0.25, 0.3) is 33.0 Å². The van der Waals surface area contributed by atoms with Crippen LogP contribution in [0.1, 0.15) is 115 Å². The molecule has 328 valence electrons. The number of nitrogens with one attached hydrogen (secondary N) is 1. The first-order valence-corrected chi connectivity index (χ1v) is 21.8. The minimum absolute atomic E-state index is 0. The van der Waals surface area contributed by atoms with Gasteiger partial charge >= 0.3 is 5.97 Å². The molecule has 19 nitrogen and oxygen atoms in total. The van der Waals surface area contributed by atoms with Gasteiger partial charge in [-0.3, -0.25) is 4.79 Å². The Kier molecular flexibility index (Phi) is 11.6. The van der Waals surface area contributed by atoms with E-state index in [-0.39, 0.29) is 30.2 Å². The van der Waals surface area contributed by atoms with E-state index in [1.165, 1.54) is 58.5 Å². The molecule has 0 spiro atoms. The Morgan fingerprint density at radius 3 is 1.67 bits per heavy atom. The van der Waals surface area contributed by atoms with Crippen LogP contribution < -0.4 is 11.1 Å². The fourth-order valence-corrected chi connectivity index (χ4v) is 8.08. The van der Waals surface area contributed by atoms with Crippen molar-refractivity contribution < 1.29 is 23.5 Å². The molecule has 8 aromatic rings. The van der Waals surface area contributed by atoms with Gasteiger partial charge in [-0.25, -0.2) is 43.5 Å². The molecule has 12 rings (SSSR count). The molecule has 4 aliphatic rings. The molecule has 64 heavy (non-hydrogen) atoms. The van der Waals surface area contributed by atoms with Crippen molar-refractivity contribution in [2.75, 3.05) is 11.1 Å². The molecular weight excluding hydrogens is 867 g/mol. The second-order valence-electron chi connectivity index (χ2n) is 15.5. The van der Waals surface area contributed by atoms with Gasteiger partial charge in [-0.2, -0.15) is 0 Å². The van der Waals surface area contributed by atoms with Crippen molar-refractivity contribution in [1.29, 1.82) is 0 Å². The maximum atomic E-state index is 14.4. The molecule has 0 aliphatic heterocycles. The molecule has 4 aliphatic carbocycles. The molecule has 1 amide bonds. The van der Waals surface area contributed by atoms with E-state index >= 15 is 0 Å². The first kappa shape index (κ1) is 42.2. The van der Waals surface area contributed by atoms with Gasteiger partial charge < -0.3 is 34.4 Å². The highest BCUT2D eigenvalue weighted by Crippen LogP contribution is 2.41. The summed E-state index contributed by atoms with van der Waals surface area (Å²) in [5.41, 5.74) is 7.72. The number of pyridine rings is 2. The van der Waals surface area contributed by atoms with Gasteiger partial charge in [0.2, 0.25) is 0 Å². The van der Waals surface area contributed by atoms with Gasteiger partial charge in [0.15, 0.2) is 33.3 Å². The quantitative estimate of drug-likeness (QED) is 0.114. The van der Waals surface area contributed by atoms with Gasteiger partial charge in [0.25, 0.3) is 5.91 Å². The van der Waals surface area contributed by atoms with Crippen molar-refractivity contribution in [3.63, 3.8) is 0 Å². The summed E-state index contributed by atoms with van der Waals surface area (Å²) in [5.74, 6) is 0.663. The lowest BCUT2D eigenvalue weighted by atomic mass is 10.3. The average Bonchev–Trinajstić information content (AvgIpc) is 4.28. The monoisotopic (exact) mass is 906 g/mol. The lowest BCUT2D eigenvalue weighted by molar-refractivity contribution is 0.0690. The third-order valence-electron chi connectivity index (χ3n) is 10.6. The smallest absolute Gasteiger partial charge is 0.354 e. The van der Waals surface area contributed by atoms with Gasteiger partial charge in [0, 0.05) is 47.1 Å². The Labute approximate surface area is 371 Å². The van der Waals surface area contributed by atoms with Crippen molar-refractivity contribution in [1.82, 2.24) is 68.6 Å². The molecule has 0 bridgehead atoms. The maximum absolute atomic E-state index is 14.4. The van der Waals surface area contributed by atoms with Crippen molar-refractivity contribution >= 4 is 46.2 Å². The van der Waals surface area contributed by atoms with Gasteiger partial charge in [-0.15, -0.1) is 43.1 Å². The molecule has 0 saturated heterocycles. The average molecular weight is 907 g/mol. The van der Waals surface area contributed by atoms with Gasteiger partial charge in [0.05, 0.1) is 47.8 Å². The van der Waals surface area contributed by atoms with Crippen LogP contribution in [0.4, 0.5) is 20.4 Å². The number of carbonyl (C=O) groups excluding carboxylic acids is 1. The molecule has 4 fully saturated rings. The molecule has 23 heteroatoms. The third kappa shape index (κ3) is 9.29. The maximum Gasteiger partial charge on any atom is 0.354 e. The number of aromatic nitrogens is 14. The standard InChI is InChI=1S/C20H17FN8OS.C12H10FN3O2.C8H9N5S.CH4/c21-13-6-22-14(5-16(13)28-7-15(23-9-28)11-1-2-11)19(30)25-17-8-31-20(26-17)18-27-24-10-29(18)12-3-4-12;13-8-4-14-9(12(17)18)3-11(8)16-5-10(15-6-16)7-1-2-7;9-6-3-14-8(11-6)7-12-10-4-13(7)5-1-2-5;/h5-12H,1-4H2,(H,25,30);3-7H,1-2H2,(H,17,18);3-5H,1-2,9H2;1H4. The fraction of sp³-hybridized carbons (Fsp3) is 0.317. The largest absolute Gasteiger partial charge is 0.477 e. The SMILES string of the molecule is C.Nc1csc(-c2nncn2C2CC2)n1.O=C(Nc1csc(-c2nncn2C2CC2)n1)c1cc(-n2cnc(C3CC3)c2)c(F)cn1.O=C(O)c1cc(-n2cnc(C3CC3)c2)c(F)cn1. The van der Waals surface area contributed by atoms with E-state index in [1.807, 2.05) is 9.95 Å². The Balaban J connectivity index is 0.000000133. The highest BCUT2D eigenvalue weighted by molar-refractivity contribution is 7.13. The van der Waals surface area contributed by atoms with E-state index in [9.17, 15) is 18.4 Å². The Morgan fingerprint density at radius 1 is 0.688 bits per heavy atom. The van der Waals surface area contributed by atoms with Crippen LogP contribution in [0, 0.1) is 11.6 Å². The molecule has 4 N–H and O–H groups in total. The summed E-state index contributed by atoms with van der Waals surface area (Å²) in [6.45, 7) is 0. The third-order valence-corrected chi connectivity index (χ3v) is 12.2. The molecule has 0 unspecified atom stereocenters. The lowest BCUT2D eigenvalue weighted by Crippen LogP contribution is -2.15. The first-order chi connectivity index (χ1) is 30.6. The number of carboxylic acid groups (broad SMARTS) is 1. The molecule has 0 atom stereocenters. The predicted octanol–water partition coefficient (Wildman–Crippen LogP) is 7.52. The number of aromatic carboxylic acids is 1. The number of carbonyl (C=O) groups is 2. The van der Waals surface area contributed by atoms with Crippen molar-refractivity contribution in [2.45, 2.75) is 82.7 Å². The van der Waals surface area contributed by atoms with Crippen molar-refractivity contribution in [3.8, 4) is 33.0 Å². The van der Waals surface area contributed by atoms with Crippen molar-refractivity contribution in [3.05, 3.63) is 107 Å². The molecule has 4 saturated carbocycles. The highest BCUT2D eigenvalue weighted by Gasteiger charge is 2.30. The number of hydrogen-bond donors (Lipinski definition) is 3. The second-order valence-corrected chi connectivity index (χ2v) is 17.2. The molecule has 0 aromatic carbocycles. The number of rotatable bonds is 11. The zero-order chi connectivity index (χ0) is 43.2. The van der Waals surface area contributed by atoms with E-state index in [0.29, 0.717) is 46.4 Å². The number of nitrogens with two attached hydrogens (primary N) is 1. The zero-order valence-corrected chi connectivity index (χ0v) is 34.7. The van der Waals surface area contributed by atoms with Crippen LogP contribution >= 0.6 is 22.7 Å². The number of anilines is 2. The summed E-state index contributed by atoms with van der Waals surface area (Å²) in [4.78, 5) is 48.2. The summed E-state index contributed by atoms with van der Waals surface area (Å²) < 4.78 is 35.2. The summed E-state index contributed by atoms with van der Waals surface area (Å²) in [7, 11) is 0. The van der Waals surface area contributed by atoms with Crippen LogP contribution in [-0.2, 0) is 0 Å². The van der Waals surface area contributed by atoms with E-state index in [1.54, 1.807) is 41.3 Å². The number of amides is 1. The Hall–Kier alpha value is -7.14. The normalized spacial score (nSPS) is 15.3. The molecule has 8 aromatic heterocycles. The van der Waals surface area contributed by atoms with Crippen LogP contribution in [0.3, 0.4) is 0 Å². The zero-order valence-electron chi connectivity index (χ0n) is 33.1. The summed E-state index contributed by atoms with van der Waals surface area (Å²) in [6.07, 6.45) is 21.1. The highest BCUT2D eigenvalue weighted by atomic mass is 32.1. The topological polar surface area (TPSA) is 241 Å². The van der Waals surface area contributed by atoms with Gasteiger partial charge in [-0.05, 0) is 63.5 Å². The molecule has 8 heterocycles. The van der Waals surface area contributed by atoms with Crippen LogP contribution in [0.5, 0.6) is 0 Å².